The zero-order valence-electron chi connectivity index (χ0n) is 10.9. The summed E-state index contributed by atoms with van der Waals surface area (Å²) in [4.78, 5) is 12.0. The van der Waals surface area contributed by atoms with Gasteiger partial charge in [0.05, 0.1) is 6.42 Å². The molecular weight excluding hydrogens is 354 g/mol. The van der Waals surface area contributed by atoms with E-state index >= 15 is 0 Å². The van der Waals surface area contributed by atoms with Crippen molar-refractivity contribution in [2.75, 3.05) is 0 Å². The fourth-order valence-corrected chi connectivity index (χ4v) is 1.98. The highest BCUT2D eigenvalue weighted by molar-refractivity contribution is 6.30. The number of rotatable bonds is 1. The van der Waals surface area contributed by atoms with Gasteiger partial charge in [0.2, 0.25) is 0 Å². The van der Waals surface area contributed by atoms with Gasteiger partial charge in [-0.05, 0) is 24.3 Å². The lowest BCUT2D eigenvalue weighted by Gasteiger charge is -2.32. The van der Waals surface area contributed by atoms with E-state index in [0.717, 1.165) is 24.3 Å². The standard InChI is InChI=1S/C12H7ClF6N2O2/c13-7-3-1-6(2-4-7)9(22)21-10(23,12(17,18)19)5-8(20-21)11(14,15)16/h1-4,23H,5H2/t10-/m0/s1. The van der Waals surface area contributed by atoms with Crippen molar-refractivity contribution in [1.29, 1.82) is 0 Å². The van der Waals surface area contributed by atoms with Crippen LogP contribution in [-0.4, -0.2) is 39.8 Å². The van der Waals surface area contributed by atoms with Gasteiger partial charge in [-0.2, -0.15) is 36.5 Å². The number of carbonyl (C=O) groups excluding carboxylic acids is 1. The van der Waals surface area contributed by atoms with Crippen molar-refractivity contribution in [3.63, 3.8) is 0 Å². The lowest BCUT2D eigenvalue weighted by atomic mass is 10.1. The Hall–Kier alpha value is -1.81. The summed E-state index contributed by atoms with van der Waals surface area (Å²) in [6.07, 6.45) is -12.7. The van der Waals surface area contributed by atoms with E-state index < -0.39 is 46.7 Å². The maximum absolute atomic E-state index is 13.0. The normalized spacial score (nSPS) is 22.3. The number of carbonyl (C=O) groups is 1. The molecule has 0 radical (unpaired) electrons. The molecule has 0 bridgehead atoms. The Bertz CT molecular complexity index is 655. The largest absolute Gasteiger partial charge is 0.438 e. The highest BCUT2D eigenvalue weighted by Crippen LogP contribution is 2.43. The molecule has 1 heterocycles. The molecule has 126 valence electrons. The van der Waals surface area contributed by atoms with Gasteiger partial charge in [0, 0.05) is 10.6 Å². The monoisotopic (exact) mass is 360 g/mol. The van der Waals surface area contributed by atoms with E-state index in [-0.39, 0.29) is 5.02 Å². The fourth-order valence-electron chi connectivity index (χ4n) is 1.85. The summed E-state index contributed by atoms with van der Waals surface area (Å²) in [6, 6.07) is 4.32. The summed E-state index contributed by atoms with van der Waals surface area (Å²) < 4.78 is 76.8. The van der Waals surface area contributed by atoms with E-state index in [1.807, 2.05) is 0 Å². The van der Waals surface area contributed by atoms with Crippen LogP contribution in [0.2, 0.25) is 5.02 Å². The number of hydrogen-bond donors (Lipinski definition) is 1. The minimum Gasteiger partial charge on any atom is -0.362 e. The first-order valence-corrected chi connectivity index (χ1v) is 6.28. The molecule has 4 nitrogen and oxygen atoms in total. The van der Waals surface area contributed by atoms with Gasteiger partial charge in [0.1, 0.15) is 5.71 Å². The molecule has 0 aliphatic carbocycles. The predicted octanol–water partition coefficient (Wildman–Crippen LogP) is 3.36. The van der Waals surface area contributed by atoms with E-state index in [1.165, 1.54) is 0 Å². The number of hydrogen-bond acceptors (Lipinski definition) is 3. The van der Waals surface area contributed by atoms with Crippen LogP contribution in [0.4, 0.5) is 26.3 Å². The SMILES string of the molecule is O=C(c1ccc(Cl)cc1)N1N=C(C(F)(F)F)C[C@]1(O)C(F)(F)F. The Morgan fingerprint density at radius 1 is 1.17 bits per heavy atom. The molecular formula is C12H7ClF6N2O2. The summed E-state index contributed by atoms with van der Waals surface area (Å²) in [5, 5.41) is 11.9. The summed E-state index contributed by atoms with van der Waals surface area (Å²) in [5.74, 6) is -1.54. The first kappa shape index (κ1) is 17.5. The molecule has 11 heteroatoms. The first-order chi connectivity index (χ1) is 10.4. The minimum absolute atomic E-state index is 0.161. The molecule has 1 aliphatic heterocycles. The van der Waals surface area contributed by atoms with Crippen molar-refractivity contribution in [3.05, 3.63) is 34.9 Å². The number of nitrogens with zero attached hydrogens (tertiary/aromatic N) is 2. The third kappa shape index (κ3) is 3.13. The third-order valence-electron chi connectivity index (χ3n) is 3.05. The van der Waals surface area contributed by atoms with Crippen LogP contribution >= 0.6 is 11.6 Å². The summed E-state index contributed by atoms with van der Waals surface area (Å²) in [7, 11) is 0. The van der Waals surface area contributed by atoms with Crippen molar-refractivity contribution in [2.24, 2.45) is 5.10 Å². The number of halogens is 7. The van der Waals surface area contributed by atoms with Gasteiger partial charge < -0.3 is 5.11 Å². The van der Waals surface area contributed by atoms with Gasteiger partial charge >= 0.3 is 12.4 Å². The van der Waals surface area contributed by atoms with Crippen LogP contribution in [0, 0.1) is 0 Å². The average Bonchev–Trinajstić information content (AvgIpc) is 2.78. The smallest absolute Gasteiger partial charge is 0.362 e. The zero-order chi connectivity index (χ0) is 17.6. The van der Waals surface area contributed by atoms with Crippen LogP contribution < -0.4 is 0 Å². The number of hydrazone groups is 1. The Kier molecular flexibility index (Phi) is 4.10. The topological polar surface area (TPSA) is 52.9 Å². The Balaban J connectivity index is 2.48. The van der Waals surface area contributed by atoms with Crippen LogP contribution in [-0.2, 0) is 0 Å². The van der Waals surface area contributed by atoms with Crippen LogP contribution in [0.3, 0.4) is 0 Å². The van der Waals surface area contributed by atoms with Crippen LogP contribution in [0.5, 0.6) is 0 Å². The van der Waals surface area contributed by atoms with Gasteiger partial charge in [-0.15, -0.1) is 0 Å². The molecule has 1 N–H and O–H groups in total. The number of aliphatic hydroxyl groups is 1. The minimum atomic E-state index is -5.54. The lowest BCUT2D eigenvalue weighted by Crippen LogP contribution is -2.56. The molecule has 1 aromatic carbocycles. The van der Waals surface area contributed by atoms with Crippen molar-refractivity contribution in [1.82, 2.24) is 5.01 Å². The second-order valence-electron chi connectivity index (χ2n) is 4.66. The van der Waals surface area contributed by atoms with Gasteiger partial charge in [-0.3, -0.25) is 4.79 Å². The first-order valence-electron chi connectivity index (χ1n) is 5.90. The quantitative estimate of drug-likeness (QED) is 0.781. The van der Waals surface area contributed by atoms with E-state index in [1.54, 1.807) is 0 Å². The van der Waals surface area contributed by atoms with Crippen molar-refractivity contribution >= 4 is 23.2 Å². The average molecular weight is 361 g/mol. The predicted molar refractivity (Wildman–Crippen MR) is 66.7 cm³/mol. The molecule has 0 unspecified atom stereocenters. The molecule has 1 aliphatic rings. The van der Waals surface area contributed by atoms with E-state index in [4.69, 9.17) is 11.6 Å². The number of amides is 1. The highest BCUT2D eigenvalue weighted by Gasteiger charge is 2.66. The number of alkyl halides is 6. The second-order valence-corrected chi connectivity index (χ2v) is 5.10. The molecule has 2 rings (SSSR count). The zero-order valence-corrected chi connectivity index (χ0v) is 11.7. The van der Waals surface area contributed by atoms with Crippen LogP contribution in [0.15, 0.2) is 29.4 Å². The van der Waals surface area contributed by atoms with Crippen molar-refractivity contribution in [3.8, 4) is 0 Å². The summed E-state index contributed by atoms with van der Waals surface area (Å²) >= 11 is 5.56. The molecule has 0 saturated carbocycles. The van der Waals surface area contributed by atoms with E-state index in [9.17, 15) is 36.2 Å². The Morgan fingerprint density at radius 2 is 1.70 bits per heavy atom. The molecule has 1 amide bonds. The maximum Gasteiger partial charge on any atom is 0.438 e. The third-order valence-corrected chi connectivity index (χ3v) is 3.30. The molecule has 1 aromatic rings. The highest BCUT2D eigenvalue weighted by atomic mass is 35.5. The molecule has 23 heavy (non-hydrogen) atoms. The van der Waals surface area contributed by atoms with Crippen molar-refractivity contribution < 1.29 is 36.2 Å². The van der Waals surface area contributed by atoms with E-state index in [0.29, 0.717) is 0 Å². The lowest BCUT2D eigenvalue weighted by molar-refractivity contribution is -0.297. The summed E-state index contributed by atoms with van der Waals surface area (Å²) in [5.41, 5.74) is -6.39. The Morgan fingerprint density at radius 3 is 2.13 bits per heavy atom. The molecule has 0 saturated heterocycles. The second kappa shape index (κ2) is 5.38. The maximum atomic E-state index is 13.0. The van der Waals surface area contributed by atoms with Crippen LogP contribution in [0.25, 0.3) is 0 Å². The van der Waals surface area contributed by atoms with Crippen molar-refractivity contribution in [2.45, 2.75) is 24.5 Å². The number of benzene rings is 1. The van der Waals surface area contributed by atoms with Gasteiger partial charge in [-0.1, -0.05) is 11.6 Å². The molecule has 0 spiro atoms. The Labute approximate surface area is 129 Å². The van der Waals surface area contributed by atoms with Gasteiger partial charge in [-0.25, -0.2) is 0 Å². The summed E-state index contributed by atoms with van der Waals surface area (Å²) in [6.45, 7) is 0. The van der Waals surface area contributed by atoms with Crippen LogP contribution in [0.1, 0.15) is 16.8 Å². The van der Waals surface area contributed by atoms with Gasteiger partial charge in [0.25, 0.3) is 11.6 Å². The fraction of sp³-hybridized carbons (Fsp3) is 0.333. The molecule has 0 fully saturated rings. The molecule has 0 aromatic heterocycles. The van der Waals surface area contributed by atoms with Gasteiger partial charge in [0.15, 0.2) is 0 Å². The van der Waals surface area contributed by atoms with E-state index in [2.05, 4.69) is 5.10 Å². The molecule has 1 atom stereocenters.